The maximum atomic E-state index is 14.6. The van der Waals surface area contributed by atoms with Gasteiger partial charge in [0.15, 0.2) is 5.78 Å². The first-order valence-corrected chi connectivity index (χ1v) is 19.1. The summed E-state index contributed by atoms with van der Waals surface area (Å²) in [5.41, 5.74) is 12.9. The summed E-state index contributed by atoms with van der Waals surface area (Å²) in [4.78, 5) is 62.1. The zero-order valence-electron chi connectivity index (χ0n) is 31.7. The number of nitrogens with two attached hydrogens (primary N) is 2. The summed E-state index contributed by atoms with van der Waals surface area (Å²) < 4.78 is 0. The molecule has 1 fully saturated rings. The van der Waals surface area contributed by atoms with Gasteiger partial charge in [-0.15, -0.1) is 0 Å². The van der Waals surface area contributed by atoms with Crippen LogP contribution in [0.25, 0.3) is 0 Å². The Morgan fingerprint density at radius 2 is 1.71 bits per heavy atom. The Kier molecular flexibility index (Phi) is 16.4. The van der Waals surface area contributed by atoms with Crippen LogP contribution in [0.2, 0.25) is 0 Å². The van der Waals surface area contributed by atoms with E-state index in [2.05, 4.69) is 10.3 Å². The summed E-state index contributed by atoms with van der Waals surface area (Å²) in [5, 5.41) is 14.6. The van der Waals surface area contributed by atoms with E-state index in [-0.39, 0.29) is 48.1 Å². The lowest BCUT2D eigenvalue weighted by Gasteiger charge is -2.39. The number of aliphatic hydroxyl groups excluding tert-OH is 1. The van der Waals surface area contributed by atoms with Gasteiger partial charge in [-0.25, -0.2) is 0 Å². The fourth-order valence-corrected chi connectivity index (χ4v) is 7.36. The average Bonchev–Trinajstić information content (AvgIpc) is 3.45. The molecule has 6 N–H and O–H groups in total. The summed E-state index contributed by atoms with van der Waals surface area (Å²) in [6, 6.07) is 12.4. The van der Waals surface area contributed by atoms with Gasteiger partial charge in [0, 0.05) is 37.7 Å². The predicted molar refractivity (Wildman–Crippen MR) is 201 cm³/mol. The predicted octanol–water partition coefficient (Wildman–Crippen LogP) is 5.17. The number of ketones is 2. The highest BCUT2D eigenvalue weighted by atomic mass is 16.3. The Morgan fingerprint density at radius 3 is 2.31 bits per heavy atom. The molecular formula is C41H63N5O5. The minimum absolute atomic E-state index is 0.0233. The van der Waals surface area contributed by atoms with Gasteiger partial charge < -0.3 is 26.8 Å². The number of hydrogen-bond acceptors (Lipinski definition) is 8. The van der Waals surface area contributed by atoms with E-state index in [1.54, 1.807) is 38.2 Å². The summed E-state index contributed by atoms with van der Waals surface area (Å²) in [6.45, 7) is 12.7. The van der Waals surface area contributed by atoms with Crippen LogP contribution in [0, 0.1) is 29.1 Å². The molecule has 0 aliphatic carbocycles. The number of nitrogens with zero attached hydrogens (tertiary/aromatic N) is 2. The van der Waals surface area contributed by atoms with Crippen molar-refractivity contribution in [3.63, 3.8) is 0 Å². The molecule has 282 valence electrons. The second-order valence-electron chi connectivity index (χ2n) is 15.2. The number of aromatic nitrogens is 1. The topological polar surface area (TPSA) is 169 Å². The lowest BCUT2D eigenvalue weighted by molar-refractivity contribution is -0.150. The van der Waals surface area contributed by atoms with E-state index in [0.717, 1.165) is 24.8 Å². The zero-order valence-corrected chi connectivity index (χ0v) is 31.7. The van der Waals surface area contributed by atoms with E-state index in [1.807, 2.05) is 62.9 Å². The molecule has 10 heteroatoms. The molecule has 0 radical (unpaired) electrons. The van der Waals surface area contributed by atoms with Crippen LogP contribution in [0.3, 0.4) is 0 Å². The van der Waals surface area contributed by atoms with Crippen molar-refractivity contribution < 1.29 is 24.3 Å². The van der Waals surface area contributed by atoms with Crippen molar-refractivity contribution in [1.29, 1.82) is 0 Å². The van der Waals surface area contributed by atoms with Crippen LogP contribution in [-0.2, 0) is 25.6 Å². The molecule has 51 heavy (non-hydrogen) atoms. The fraction of sp³-hybridized carbons (Fsp3) is 0.634. The van der Waals surface area contributed by atoms with E-state index in [9.17, 15) is 24.3 Å². The second kappa shape index (κ2) is 20.0. The normalized spacial score (nSPS) is 19.5. The van der Waals surface area contributed by atoms with Gasteiger partial charge in [-0.05, 0) is 67.6 Å². The number of rotatable bonds is 22. The maximum Gasteiger partial charge on any atom is 0.234 e. The number of likely N-dealkylation sites (tertiary alicyclic amines) is 1. The zero-order chi connectivity index (χ0) is 37.7. The molecule has 1 saturated heterocycles. The van der Waals surface area contributed by atoms with Crippen molar-refractivity contribution in [2.45, 2.75) is 124 Å². The molecular weight excluding hydrogens is 642 g/mol. The van der Waals surface area contributed by atoms with Gasteiger partial charge in [0.2, 0.25) is 11.8 Å². The number of carbonyl (C=O) groups is 4. The number of benzene rings is 1. The molecule has 2 amide bonds. The third-order valence-electron chi connectivity index (χ3n) is 11.0. The SMILES string of the molecule is CCCCCC(=O)C(CC(O)C(N)CC(C)CN1CC[C@@H](Cc2ccccc2)C1=O)(C(=O)NC(C(=O)[C@@H](N)[C@@H](C)CC)c1ccccn1)C(C)C. The van der Waals surface area contributed by atoms with Gasteiger partial charge >= 0.3 is 0 Å². The summed E-state index contributed by atoms with van der Waals surface area (Å²) >= 11 is 0. The molecule has 1 aliphatic rings. The van der Waals surface area contributed by atoms with Crippen LogP contribution >= 0.6 is 0 Å². The first-order chi connectivity index (χ1) is 24.3. The lowest BCUT2D eigenvalue weighted by Crippen LogP contribution is -2.56. The minimum Gasteiger partial charge on any atom is -0.391 e. The quantitative estimate of drug-likeness (QED) is 0.0961. The lowest BCUT2D eigenvalue weighted by atomic mass is 9.66. The molecule has 8 atom stereocenters. The van der Waals surface area contributed by atoms with Crippen molar-refractivity contribution in [3.8, 4) is 0 Å². The molecule has 1 aromatic carbocycles. The van der Waals surface area contributed by atoms with Crippen LogP contribution in [-0.4, -0.2) is 69.6 Å². The van der Waals surface area contributed by atoms with Crippen molar-refractivity contribution in [3.05, 3.63) is 66.0 Å². The van der Waals surface area contributed by atoms with E-state index in [1.165, 1.54) is 0 Å². The van der Waals surface area contributed by atoms with Crippen molar-refractivity contribution >= 4 is 23.4 Å². The van der Waals surface area contributed by atoms with Gasteiger partial charge in [0.25, 0.3) is 0 Å². The summed E-state index contributed by atoms with van der Waals surface area (Å²) in [5.74, 6) is -1.90. The third kappa shape index (κ3) is 11.0. The number of nitrogens with one attached hydrogen (secondary N) is 1. The number of unbranched alkanes of at least 4 members (excludes halogenated alkanes) is 2. The van der Waals surface area contributed by atoms with E-state index < -0.39 is 41.5 Å². The molecule has 0 saturated carbocycles. The van der Waals surface area contributed by atoms with Crippen LogP contribution in [0.5, 0.6) is 0 Å². The highest BCUT2D eigenvalue weighted by molar-refractivity contribution is 6.08. The second-order valence-corrected chi connectivity index (χ2v) is 15.2. The monoisotopic (exact) mass is 705 g/mol. The molecule has 2 aromatic rings. The standard InChI is InChI=1S/C41H63N5O5/c1-7-9-11-19-35(48)41(27(3)4,40(51)45-37(33-18-14-15-21-44-33)38(49)36(43)29(6)8-2)25-34(47)32(42)23-28(5)26-46-22-20-31(39(46)50)24-30-16-12-10-13-17-30/h10,12-18,21,27-29,31-32,34,36-37,47H,7-9,11,19-20,22-26,42-43H2,1-6H3,(H,45,51)/t28?,29-,31-,32?,34?,36-,37?,41?/m0/s1. The molecule has 1 aliphatic heterocycles. The first kappa shape index (κ1) is 41.9. The molecule has 0 bridgehead atoms. The average molecular weight is 706 g/mol. The molecule has 0 spiro atoms. The van der Waals surface area contributed by atoms with Crippen molar-refractivity contribution in [2.24, 2.45) is 40.6 Å². The van der Waals surface area contributed by atoms with Gasteiger partial charge in [0.1, 0.15) is 17.2 Å². The third-order valence-corrected chi connectivity index (χ3v) is 11.0. The van der Waals surface area contributed by atoms with Crippen LogP contribution in [0.1, 0.15) is 110 Å². The molecule has 10 nitrogen and oxygen atoms in total. The molecule has 5 unspecified atom stereocenters. The van der Waals surface area contributed by atoms with E-state index >= 15 is 0 Å². The number of pyridine rings is 1. The Labute approximate surface area is 305 Å². The number of amides is 2. The Morgan fingerprint density at radius 1 is 1.02 bits per heavy atom. The van der Waals surface area contributed by atoms with Crippen molar-refractivity contribution in [1.82, 2.24) is 15.2 Å². The van der Waals surface area contributed by atoms with E-state index in [4.69, 9.17) is 11.5 Å². The molecule has 2 heterocycles. The number of carbonyl (C=O) groups excluding carboxylic acids is 4. The molecule has 3 rings (SSSR count). The summed E-state index contributed by atoms with van der Waals surface area (Å²) in [7, 11) is 0. The highest BCUT2D eigenvalue weighted by Crippen LogP contribution is 2.38. The van der Waals surface area contributed by atoms with Gasteiger partial charge in [-0.1, -0.05) is 97.2 Å². The van der Waals surface area contributed by atoms with Crippen LogP contribution in [0.15, 0.2) is 54.7 Å². The van der Waals surface area contributed by atoms with E-state index in [0.29, 0.717) is 44.5 Å². The Hall–Kier alpha value is -3.47. The van der Waals surface area contributed by atoms with Gasteiger partial charge in [0.05, 0.1) is 17.8 Å². The van der Waals surface area contributed by atoms with Gasteiger partial charge in [-0.3, -0.25) is 24.2 Å². The number of aliphatic hydroxyl groups is 1. The Bertz CT molecular complexity index is 1410. The maximum absolute atomic E-state index is 14.6. The summed E-state index contributed by atoms with van der Waals surface area (Å²) in [6.07, 6.45) is 5.22. The number of Topliss-reactive ketones (excluding diaryl/α,β-unsaturated/α-hetero) is 2. The number of hydrogen-bond donors (Lipinski definition) is 4. The first-order valence-electron chi connectivity index (χ1n) is 19.1. The molecule has 1 aromatic heterocycles. The smallest absolute Gasteiger partial charge is 0.234 e. The largest absolute Gasteiger partial charge is 0.391 e. The highest BCUT2D eigenvalue weighted by Gasteiger charge is 2.51. The fourth-order valence-electron chi connectivity index (χ4n) is 7.36. The van der Waals surface area contributed by atoms with Crippen LogP contribution in [0.4, 0.5) is 0 Å². The Balaban J connectivity index is 1.81. The van der Waals surface area contributed by atoms with Crippen LogP contribution < -0.4 is 16.8 Å². The minimum atomic E-state index is -1.66. The van der Waals surface area contributed by atoms with Crippen molar-refractivity contribution in [2.75, 3.05) is 13.1 Å². The van der Waals surface area contributed by atoms with Gasteiger partial charge in [-0.2, -0.15) is 0 Å².